The Morgan fingerprint density at radius 1 is 1.55 bits per heavy atom. The van der Waals surface area contributed by atoms with Crippen molar-refractivity contribution < 1.29 is 13.9 Å². The monoisotopic (exact) mass is 386 g/mol. The number of carbonyl (C=O) groups excluding carboxylic acids is 1. The Kier molecular flexibility index (Phi) is 3.81. The standard InChI is InChI=1S/C12H11IN4O3/c13-10-5-3-9(20-10)4-6-12(18)19-7-11-14-15-16-17(11)8-1-2-8/h3-6,8H,1-2,7H2/b6-4+. The minimum absolute atomic E-state index is 0.0718. The molecule has 0 atom stereocenters. The van der Waals surface area contributed by atoms with E-state index in [1.165, 1.54) is 6.08 Å². The van der Waals surface area contributed by atoms with Crippen LogP contribution in [0.25, 0.3) is 6.08 Å². The molecule has 20 heavy (non-hydrogen) atoms. The van der Waals surface area contributed by atoms with E-state index in [9.17, 15) is 4.79 Å². The number of rotatable bonds is 5. The molecule has 104 valence electrons. The molecule has 0 saturated heterocycles. The normalized spacial score (nSPS) is 14.8. The number of tetrazole rings is 1. The molecule has 2 aromatic rings. The van der Waals surface area contributed by atoms with Crippen LogP contribution < -0.4 is 0 Å². The van der Waals surface area contributed by atoms with E-state index >= 15 is 0 Å². The number of esters is 1. The average molecular weight is 386 g/mol. The summed E-state index contributed by atoms with van der Waals surface area (Å²) in [5.41, 5.74) is 0. The Morgan fingerprint density at radius 2 is 2.40 bits per heavy atom. The number of carbonyl (C=O) groups is 1. The van der Waals surface area contributed by atoms with Crippen LogP contribution >= 0.6 is 22.6 Å². The van der Waals surface area contributed by atoms with Gasteiger partial charge in [0.05, 0.1) is 6.04 Å². The van der Waals surface area contributed by atoms with Crippen LogP contribution in [-0.2, 0) is 16.1 Å². The smallest absolute Gasteiger partial charge is 0.331 e. The van der Waals surface area contributed by atoms with Crippen molar-refractivity contribution in [2.45, 2.75) is 25.5 Å². The molecule has 0 radical (unpaired) electrons. The Bertz CT molecular complexity index is 645. The second-order valence-electron chi connectivity index (χ2n) is 4.35. The maximum Gasteiger partial charge on any atom is 0.331 e. The number of ether oxygens (including phenoxy) is 1. The lowest BCUT2D eigenvalue weighted by Gasteiger charge is -2.02. The molecule has 0 amide bonds. The summed E-state index contributed by atoms with van der Waals surface area (Å²) >= 11 is 2.06. The fourth-order valence-corrected chi connectivity index (χ4v) is 2.10. The molecule has 2 aromatic heterocycles. The molecule has 8 heteroatoms. The van der Waals surface area contributed by atoms with Crippen LogP contribution in [0, 0.1) is 3.77 Å². The average Bonchev–Trinajstić information content (AvgIpc) is 3.03. The van der Waals surface area contributed by atoms with Gasteiger partial charge in [0.25, 0.3) is 0 Å². The molecule has 0 bridgehead atoms. The fraction of sp³-hybridized carbons (Fsp3) is 0.333. The highest BCUT2D eigenvalue weighted by Gasteiger charge is 2.27. The van der Waals surface area contributed by atoms with Crippen LogP contribution in [0.15, 0.2) is 22.6 Å². The van der Waals surface area contributed by atoms with Crippen molar-refractivity contribution in [1.82, 2.24) is 20.2 Å². The lowest BCUT2D eigenvalue weighted by atomic mass is 10.4. The fourth-order valence-electron chi connectivity index (χ4n) is 1.66. The van der Waals surface area contributed by atoms with Crippen molar-refractivity contribution in [3.05, 3.63) is 33.6 Å². The summed E-state index contributed by atoms with van der Waals surface area (Å²) in [5, 5.41) is 11.3. The number of halogens is 1. The largest absolute Gasteiger partial charge is 0.454 e. The highest BCUT2D eigenvalue weighted by atomic mass is 127. The first-order chi connectivity index (χ1) is 9.72. The zero-order valence-corrected chi connectivity index (χ0v) is 12.6. The number of hydrogen-bond donors (Lipinski definition) is 0. The van der Waals surface area contributed by atoms with Crippen LogP contribution in [-0.4, -0.2) is 26.2 Å². The van der Waals surface area contributed by atoms with Gasteiger partial charge in [-0.3, -0.25) is 0 Å². The summed E-state index contributed by atoms with van der Waals surface area (Å²) in [4.78, 5) is 11.6. The van der Waals surface area contributed by atoms with E-state index in [0.29, 0.717) is 17.6 Å². The molecule has 0 spiro atoms. The summed E-state index contributed by atoms with van der Waals surface area (Å²) < 4.78 is 12.9. The van der Waals surface area contributed by atoms with E-state index in [2.05, 4.69) is 38.1 Å². The molecule has 1 aliphatic carbocycles. The highest BCUT2D eigenvalue weighted by molar-refractivity contribution is 14.1. The lowest BCUT2D eigenvalue weighted by molar-refractivity contribution is -0.139. The van der Waals surface area contributed by atoms with Crippen molar-refractivity contribution >= 4 is 34.6 Å². The third kappa shape index (κ3) is 3.24. The zero-order valence-electron chi connectivity index (χ0n) is 10.4. The number of hydrogen-bond acceptors (Lipinski definition) is 6. The van der Waals surface area contributed by atoms with Gasteiger partial charge < -0.3 is 9.15 Å². The summed E-state index contributed by atoms with van der Waals surface area (Å²) in [6.07, 6.45) is 5.03. The van der Waals surface area contributed by atoms with Gasteiger partial charge in [-0.05, 0) is 64.1 Å². The Hall–Kier alpha value is -1.71. The van der Waals surface area contributed by atoms with E-state index in [1.54, 1.807) is 16.8 Å². The quantitative estimate of drug-likeness (QED) is 0.444. The van der Waals surface area contributed by atoms with Crippen LogP contribution in [0.3, 0.4) is 0 Å². The van der Waals surface area contributed by atoms with E-state index in [0.717, 1.165) is 16.6 Å². The molecule has 1 aliphatic rings. The Balaban J connectivity index is 1.54. The first-order valence-corrected chi connectivity index (χ1v) is 7.17. The second-order valence-corrected chi connectivity index (χ2v) is 5.42. The predicted molar refractivity (Wildman–Crippen MR) is 76.3 cm³/mol. The van der Waals surface area contributed by atoms with Crippen molar-refractivity contribution in [2.24, 2.45) is 0 Å². The van der Waals surface area contributed by atoms with Gasteiger partial charge in [-0.25, -0.2) is 9.48 Å². The number of aromatic nitrogens is 4. The number of nitrogens with zero attached hydrogens (tertiary/aromatic N) is 4. The summed E-state index contributed by atoms with van der Waals surface area (Å²) in [5.74, 6) is 0.720. The molecular formula is C12H11IN4O3. The Morgan fingerprint density at radius 3 is 3.10 bits per heavy atom. The molecule has 0 aliphatic heterocycles. The molecule has 1 saturated carbocycles. The maximum atomic E-state index is 11.6. The first-order valence-electron chi connectivity index (χ1n) is 6.09. The van der Waals surface area contributed by atoms with Gasteiger partial charge in [-0.2, -0.15) is 0 Å². The Labute approximate surface area is 128 Å². The van der Waals surface area contributed by atoms with Gasteiger partial charge in [0.15, 0.2) is 16.2 Å². The molecule has 0 aromatic carbocycles. The van der Waals surface area contributed by atoms with Crippen LogP contribution in [0.4, 0.5) is 0 Å². The highest BCUT2D eigenvalue weighted by Crippen LogP contribution is 2.34. The summed E-state index contributed by atoms with van der Waals surface area (Å²) in [7, 11) is 0. The van der Waals surface area contributed by atoms with E-state index in [-0.39, 0.29) is 6.61 Å². The zero-order chi connectivity index (χ0) is 13.9. The van der Waals surface area contributed by atoms with Crippen LogP contribution in [0.1, 0.15) is 30.5 Å². The van der Waals surface area contributed by atoms with Crippen molar-refractivity contribution in [2.75, 3.05) is 0 Å². The van der Waals surface area contributed by atoms with Crippen molar-refractivity contribution in [3.8, 4) is 0 Å². The van der Waals surface area contributed by atoms with Gasteiger partial charge in [0.1, 0.15) is 5.76 Å². The molecule has 3 rings (SSSR count). The molecule has 0 N–H and O–H groups in total. The van der Waals surface area contributed by atoms with Gasteiger partial charge in [0, 0.05) is 6.08 Å². The lowest BCUT2D eigenvalue weighted by Crippen LogP contribution is -2.08. The molecule has 2 heterocycles. The van der Waals surface area contributed by atoms with Gasteiger partial charge in [-0.1, -0.05) is 0 Å². The maximum absolute atomic E-state index is 11.6. The van der Waals surface area contributed by atoms with Gasteiger partial charge >= 0.3 is 5.97 Å². The molecule has 7 nitrogen and oxygen atoms in total. The van der Waals surface area contributed by atoms with E-state index in [4.69, 9.17) is 9.15 Å². The van der Waals surface area contributed by atoms with Gasteiger partial charge in [-0.15, -0.1) is 5.10 Å². The van der Waals surface area contributed by atoms with E-state index in [1.807, 2.05) is 6.07 Å². The predicted octanol–water partition coefficient (Wildman–Crippen LogP) is 1.96. The second kappa shape index (κ2) is 5.73. The minimum atomic E-state index is -0.457. The first kappa shape index (κ1) is 13.3. The SMILES string of the molecule is O=C(/C=C/c1ccc(I)o1)OCc1nnnn1C1CC1. The van der Waals surface area contributed by atoms with Crippen molar-refractivity contribution in [3.63, 3.8) is 0 Å². The molecule has 0 unspecified atom stereocenters. The minimum Gasteiger partial charge on any atom is -0.454 e. The third-order valence-corrected chi connectivity index (χ3v) is 3.35. The summed E-state index contributed by atoms with van der Waals surface area (Å²) in [6.45, 7) is 0.0718. The van der Waals surface area contributed by atoms with E-state index < -0.39 is 5.97 Å². The van der Waals surface area contributed by atoms with Crippen LogP contribution in [0.2, 0.25) is 0 Å². The van der Waals surface area contributed by atoms with Crippen LogP contribution in [0.5, 0.6) is 0 Å². The molecule has 1 fully saturated rings. The van der Waals surface area contributed by atoms with Crippen molar-refractivity contribution in [1.29, 1.82) is 0 Å². The number of furan rings is 1. The topological polar surface area (TPSA) is 83.0 Å². The molecular weight excluding hydrogens is 375 g/mol. The third-order valence-electron chi connectivity index (χ3n) is 2.77. The van der Waals surface area contributed by atoms with Gasteiger partial charge in [0.2, 0.25) is 0 Å². The summed E-state index contributed by atoms with van der Waals surface area (Å²) in [6, 6.07) is 3.95.